The van der Waals surface area contributed by atoms with Crippen molar-refractivity contribution in [2.75, 3.05) is 18.5 Å². The standard InChI is InChI=1S/C12H15Cl2NO2/c1-3-17-12(16)8(2)7-15-11-6-9(13)4-5-10(11)14/h4-6,8,15H,3,7H2,1-2H3. The maximum Gasteiger partial charge on any atom is 0.310 e. The maximum atomic E-state index is 11.4. The van der Waals surface area contributed by atoms with Gasteiger partial charge in [0.05, 0.1) is 23.2 Å². The van der Waals surface area contributed by atoms with Crippen LogP contribution in [0, 0.1) is 5.92 Å². The number of rotatable bonds is 5. The number of esters is 1. The molecule has 0 heterocycles. The van der Waals surface area contributed by atoms with Crippen molar-refractivity contribution in [2.24, 2.45) is 5.92 Å². The molecule has 1 aromatic rings. The van der Waals surface area contributed by atoms with Gasteiger partial charge in [0, 0.05) is 11.6 Å². The van der Waals surface area contributed by atoms with E-state index in [4.69, 9.17) is 27.9 Å². The average molecular weight is 276 g/mol. The lowest BCUT2D eigenvalue weighted by Gasteiger charge is -2.13. The summed E-state index contributed by atoms with van der Waals surface area (Å²) in [5, 5.41) is 4.25. The van der Waals surface area contributed by atoms with E-state index in [0.717, 1.165) is 5.69 Å². The monoisotopic (exact) mass is 275 g/mol. The first-order valence-corrected chi connectivity index (χ1v) is 6.15. The van der Waals surface area contributed by atoms with Gasteiger partial charge in [-0.2, -0.15) is 0 Å². The van der Waals surface area contributed by atoms with Crippen LogP contribution in [-0.2, 0) is 9.53 Å². The van der Waals surface area contributed by atoms with Gasteiger partial charge in [0.1, 0.15) is 0 Å². The molecular weight excluding hydrogens is 261 g/mol. The molecule has 5 heteroatoms. The molecule has 0 spiro atoms. The molecule has 0 saturated carbocycles. The van der Waals surface area contributed by atoms with Gasteiger partial charge < -0.3 is 10.1 Å². The Morgan fingerprint density at radius 2 is 2.18 bits per heavy atom. The smallest absolute Gasteiger partial charge is 0.310 e. The zero-order chi connectivity index (χ0) is 12.8. The van der Waals surface area contributed by atoms with Crippen molar-refractivity contribution >= 4 is 34.9 Å². The minimum Gasteiger partial charge on any atom is -0.466 e. The molecule has 0 aliphatic heterocycles. The molecule has 1 aromatic carbocycles. The van der Waals surface area contributed by atoms with Crippen LogP contribution in [0.5, 0.6) is 0 Å². The minimum absolute atomic E-state index is 0.224. The summed E-state index contributed by atoms with van der Waals surface area (Å²) in [5.74, 6) is -0.455. The molecule has 0 fully saturated rings. The Balaban J connectivity index is 2.55. The van der Waals surface area contributed by atoms with Gasteiger partial charge in [0.25, 0.3) is 0 Å². The van der Waals surface area contributed by atoms with E-state index >= 15 is 0 Å². The Kier molecular flexibility index (Phi) is 5.59. The van der Waals surface area contributed by atoms with Crippen molar-refractivity contribution in [1.29, 1.82) is 0 Å². The van der Waals surface area contributed by atoms with Crippen molar-refractivity contribution in [3.05, 3.63) is 28.2 Å². The van der Waals surface area contributed by atoms with E-state index in [9.17, 15) is 4.79 Å². The quantitative estimate of drug-likeness (QED) is 0.835. The molecule has 1 N–H and O–H groups in total. The summed E-state index contributed by atoms with van der Waals surface area (Å²) in [6, 6.07) is 5.15. The molecule has 17 heavy (non-hydrogen) atoms. The van der Waals surface area contributed by atoms with E-state index in [0.29, 0.717) is 23.2 Å². The molecule has 0 amide bonds. The first kappa shape index (κ1) is 14.1. The third kappa shape index (κ3) is 4.44. The van der Waals surface area contributed by atoms with Crippen LogP contribution >= 0.6 is 23.2 Å². The highest BCUT2D eigenvalue weighted by Crippen LogP contribution is 2.25. The van der Waals surface area contributed by atoms with Crippen LogP contribution in [0.1, 0.15) is 13.8 Å². The molecule has 3 nitrogen and oxygen atoms in total. The molecule has 0 bridgehead atoms. The number of hydrogen-bond acceptors (Lipinski definition) is 3. The van der Waals surface area contributed by atoms with E-state index in [-0.39, 0.29) is 11.9 Å². The maximum absolute atomic E-state index is 11.4. The Morgan fingerprint density at radius 1 is 1.47 bits per heavy atom. The zero-order valence-electron chi connectivity index (χ0n) is 9.80. The molecule has 0 radical (unpaired) electrons. The molecule has 0 aliphatic rings. The van der Waals surface area contributed by atoms with E-state index in [2.05, 4.69) is 5.32 Å². The number of benzene rings is 1. The van der Waals surface area contributed by atoms with Gasteiger partial charge in [-0.15, -0.1) is 0 Å². The molecule has 94 valence electrons. The third-order valence-corrected chi connectivity index (χ3v) is 2.78. The summed E-state index contributed by atoms with van der Waals surface area (Å²) in [6.45, 7) is 4.43. The van der Waals surface area contributed by atoms with E-state index < -0.39 is 0 Å². The summed E-state index contributed by atoms with van der Waals surface area (Å²) < 4.78 is 4.91. The predicted octanol–water partition coefficient (Wildman–Crippen LogP) is 3.60. The van der Waals surface area contributed by atoms with Crippen molar-refractivity contribution in [3.8, 4) is 0 Å². The average Bonchev–Trinajstić information content (AvgIpc) is 2.30. The molecular formula is C12H15Cl2NO2. The van der Waals surface area contributed by atoms with Crippen LogP contribution in [0.3, 0.4) is 0 Å². The van der Waals surface area contributed by atoms with Crippen LogP contribution in [0.4, 0.5) is 5.69 Å². The van der Waals surface area contributed by atoms with Gasteiger partial charge in [0.15, 0.2) is 0 Å². The summed E-state index contributed by atoms with van der Waals surface area (Å²) in [7, 11) is 0. The van der Waals surface area contributed by atoms with E-state index in [1.165, 1.54) is 0 Å². The van der Waals surface area contributed by atoms with Gasteiger partial charge in [-0.05, 0) is 25.1 Å². The Labute approximate surface area is 111 Å². The molecule has 1 atom stereocenters. The number of carbonyl (C=O) groups excluding carboxylic acids is 1. The van der Waals surface area contributed by atoms with Crippen LogP contribution in [0.15, 0.2) is 18.2 Å². The van der Waals surface area contributed by atoms with Gasteiger partial charge in [-0.1, -0.05) is 30.1 Å². The number of hydrogen-bond donors (Lipinski definition) is 1. The second kappa shape index (κ2) is 6.72. The largest absolute Gasteiger partial charge is 0.466 e. The van der Waals surface area contributed by atoms with E-state index in [1.807, 2.05) is 0 Å². The Morgan fingerprint density at radius 3 is 2.82 bits per heavy atom. The fourth-order valence-electron chi connectivity index (χ4n) is 1.26. The van der Waals surface area contributed by atoms with E-state index in [1.54, 1.807) is 32.0 Å². The lowest BCUT2D eigenvalue weighted by molar-refractivity contribution is -0.146. The SMILES string of the molecule is CCOC(=O)C(C)CNc1cc(Cl)ccc1Cl. The van der Waals surface area contributed by atoms with Gasteiger partial charge in [0.2, 0.25) is 0 Å². The highest BCUT2D eigenvalue weighted by molar-refractivity contribution is 6.35. The highest BCUT2D eigenvalue weighted by atomic mass is 35.5. The van der Waals surface area contributed by atoms with Gasteiger partial charge >= 0.3 is 5.97 Å². The highest BCUT2D eigenvalue weighted by Gasteiger charge is 2.14. The normalized spacial score (nSPS) is 12.0. The topological polar surface area (TPSA) is 38.3 Å². The molecule has 1 unspecified atom stereocenters. The van der Waals surface area contributed by atoms with Crippen LogP contribution in [-0.4, -0.2) is 19.1 Å². The number of ether oxygens (including phenoxy) is 1. The molecule has 1 rings (SSSR count). The van der Waals surface area contributed by atoms with Crippen LogP contribution in [0.25, 0.3) is 0 Å². The second-order valence-electron chi connectivity index (χ2n) is 3.66. The fourth-order valence-corrected chi connectivity index (χ4v) is 1.62. The molecule has 0 aromatic heterocycles. The van der Waals surface area contributed by atoms with Crippen LogP contribution in [0.2, 0.25) is 10.0 Å². The second-order valence-corrected chi connectivity index (χ2v) is 4.50. The number of halogens is 2. The first-order valence-electron chi connectivity index (χ1n) is 5.40. The zero-order valence-corrected chi connectivity index (χ0v) is 11.3. The molecule has 0 aliphatic carbocycles. The summed E-state index contributed by atoms with van der Waals surface area (Å²) in [4.78, 5) is 11.4. The van der Waals surface area contributed by atoms with Crippen molar-refractivity contribution in [2.45, 2.75) is 13.8 Å². The fraction of sp³-hybridized carbons (Fsp3) is 0.417. The van der Waals surface area contributed by atoms with Crippen molar-refractivity contribution in [3.63, 3.8) is 0 Å². The lowest BCUT2D eigenvalue weighted by atomic mass is 10.2. The van der Waals surface area contributed by atoms with Crippen molar-refractivity contribution < 1.29 is 9.53 Å². The number of anilines is 1. The van der Waals surface area contributed by atoms with Gasteiger partial charge in [-0.25, -0.2) is 0 Å². The summed E-state index contributed by atoms with van der Waals surface area (Å²) in [6.07, 6.45) is 0. The Hall–Kier alpha value is -0.930. The Bertz CT molecular complexity index is 396. The third-order valence-electron chi connectivity index (χ3n) is 2.22. The predicted molar refractivity (Wildman–Crippen MR) is 70.7 cm³/mol. The summed E-state index contributed by atoms with van der Waals surface area (Å²) >= 11 is 11.8. The van der Waals surface area contributed by atoms with Crippen molar-refractivity contribution in [1.82, 2.24) is 0 Å². The first-order chi connectivity index (χ1) is 8.04. The number of carbonyl (C=O) groups is 1. The lowest BCUT2D eigenvalue weighted by Crippen LogP contribution is -2.22. The summed E-state index contributed by atoms with van der Waals surface area (Å²) in [5.41, 5.74) is 0.718. The minimum atomic E-state index is -0.231. The van der Waals surface area contributed by atoms with Gasteiger partial charge in [-0.3, -0.25) is 4.79 Å². The number of nitrogens with one attached hydrogen (secondary N) is 1. The van der Waals surface area contributed by atoms with Crippen LogP contribution < -0.4 is 5.32 Å². The molecule has 0 saturated heterocycles.